The van der Waals surface area contributed by atoms with Crippen LogP contribution in [0.15, 0.2) is 16.6 Å². The topological polar surface area (TPSA) is 32.6 Å². The summed E-state index contributed by atoms with van der Waals surface area (Å²) in [6, 6.07) is 0.591. The number of allylic oxidation sites excluding steroid dienone is 1. The van der Waals surface area contributed by atoms with Gasteiger partial charge in [0.25, 0.3) is 0 Å². The number of fused-ring (bicyclic) bond motifs is 5. The van der Waals surface area contributed by atoms with E-state index in [0.717, 1.165) is 42.4 Å². The molecule has 0 bridgehead atoms. The molecule has 0 saturated heterocycles. The van der Waals surface area contributed by atoms with E-state index in [9.17, 15) is 5.11 Å². The second-order valence-electron chi connectivity index (χ2n) is 11.7. The summed E-state index contributed by atoms with van der Waals surface area (Å²) in [6.45, 7) is 9.97. The molecular formula is C26H41NO. The van der Waals surface area contributed by atoms with Crippen molar-refractivity contribution in [2.75, 3.05) is 0 Å². The van der Waals surface area contributed by atoms with E-state index in [1.54, 1.807) is 5.57 Å². The first-order chi connectivity index (χ1) is 13.3. The Balaban J connectivity index is 1.40. The van der Waals surface area contributed by atoms with Crippen LogP contribution in [0.4, 0.5) is 0 Å². The molecule has 0 aromatic rings. The summed E-state index contributed by atoms with van der Waals surface area (Å²) in [6.07, 6.45) is 15.2. The lowest BCUT2D eigenvalue weighted by Crippen LogP contribution is -2.51. The average molecular weight is 384 g/mol. The molecule has 0 spiro atoms. The summed E-state index contributed by atoms with van der Waals surface area (Å²) in [7, 11) is 0. The molecule has 0 radical (unpaired) electrons. The number of aliphatic imine (C=N–C) groups is 1. The fourth-order valence-electron chi connectivity index (χ4n) is 8.96. The van der Waals surface area contributed by atoms with Crippen LogP contribution in [-0.2, 0) is 0 Å². The van der Waals surface area contributed by atoms with Crippen molar-refractivity contribution in [2.24, 2.45) is 45.4 Å². The van der Waals surface area contributed by atoms with Gasteiger partial charge in [-0.1, -0.05) is 32.4 Å². The highest BCUT2D eigenvalue weighted by molar-refractivity contribution is 5.83. The molecular weight excluding hydrogens is 342 g/mol. The Morgan fingerprint density at radius 3 is 2.64 bits per heavy atom. The zero-order valence-corrected chi connectivity index (χ0v) is 18.6. The maximum atomic E-state index is 10.2. The molecule has 5 rings (SSSR count). The van der Waals surface area contributed by atoms with Crippen molar-refractivity contribution in [2.45, 2.75) is 104 Å². The van der Waals surface area contributed by atoms with Crippen molar-refractivity contribution < 1.29 is 5.11 Å². The Morgan fingerprint density at radius 2 is 1.89 bits per heavy atom. The van der Waals surface area contributed by atoms with E-state index in [4.69, 9.17) is 4.99 Å². The van der Waals surface area contributed by atoms with Gasteiger partial charge in [0.15, 0.2) is 0 Å². The van der Waals surface area contributed by atoms with Gasteiger partial charge < -0.3 is 5.11 Å². The zero-order valence-electron chi connectivity index (χ0n) is 18.6. The van der Waals surface area contributed by atoms with E-state index < -0.39 is 0 Å². The second kappa shape index (κ2) is 6.69. The van der Waals surface area contributed by atoms with Gasteiger partial charge in [-0.2, -0.15) is 0 Å². The van der Waals surface area contributed by atoms with Crippen LogP contribution in [0, 0.1) is 40.4 Å². The fraction of sp³-hybridized carbons (Fsp3) is 0.885. The summed E-state index contributed by atoms with van der Waals surface area (Å²) < 4.78 is 0. The molecule has 156 valence electrons. The molecule has 4 aliphatic carbocycles. The van der Waals surface area contributed by atoms with Crippen LogP contribution in [0.3, 0.4) is 0 Å². The van der Waals surface area contributed by atoms with Crippen molar-refractivity contribution in [1.82, 2.24) is 0 Å². The number of aliphatic hydroxyl groups excluding tert-OH is 1. The van der Waals surface area contributed by atoms with E-state index in [2.05, 4.69) is 33.8 Å². The molecule has 28 heavy (non-hydrogen) atoms. The molecule has 9 atom stereocenters. The maximum absolute atomic E-state index is 10.2. The van der Waals surface area contributed by atoms with E-state index in [1.807, 2.05) is 0 Å². The SMILES string of the molecule is CC1=NC(C(C)C2CCC3C4CC=C5CC(O)CCC5(C)C4CCC23C)CC1. The van der Waals surface area contributed by atoms with Crippen molar-refractivity contribution in [1.29, 1.82) is 0 Å². The van der Waals surface area contributed by atoms with Gasteiger partial charge in [-0.25, -0.2) is 0 Å². The number of rotatable bonds is 2. The third-order valence-corrected chi connectivity index (χ3v) is 10.6. The van der Waals surface area contributed by atoms with Gasteiger partial charge in [0, 0.05) is 5.71 Å². The van der Waals surface area contributed by atoms with E-state index in [0.29, 0.717) is 16.9 Å². The van der Waals surface area contributed by atoms with Gasteiger partial charge in [0.05, 0.1) is 12.1 Å². The van der Waals surface area contributed by atoms with Crippen LogP contribution >= 0.6 is 0 Å². The highest BCUT2D eigenvalue weighted by atomic mass is 16.3. The monoisotopic (exact) mass is 383 g/mol. The third kappa shape index (κ3) is 2.72. The van der Waals surface area contributed by atoms with Crippen molar-refractivity contribution in [3.63, 3.8) is 0 Å². The van der Waals surface area contributed by atoms with Gasteiger partial charge in [0.1, 0.15) is 0 Å². The number of aliphatic hydroxyl groups is 1. The van der Waals surface area contributed by atoms with Crippen LogP contribution in [-0.4, -0.2) is 23.0 Å². The Morgan fingerprint density at radius 1 is 1.07 bits per heavy atom. The minimum atomic E-state index is -0.0862. The molecule has 9 unspecified atom stereocenters. The van der Waals surface area contributed by atoms with Gasteiger partial charge in [-0.15, -0.1) is 0 Å². The van der Waals surface area contributed by atoms with Crippen LogP contribution in [0.5, 0.6) is 0 Å². The van der Waals surface area contributed by atoms with Crippen molar-refractivity contribution >= 4 is 5.71 Å². The number of hydrogen-bond donors (Lipinski definition) is 1. The predicted octanol–water partition coefficient (Wildman–Crippen LogP) is 6.19. The first-order valence-corrected chi connectivity index (χ1v) is 12.2. The van der Waals surface area contributed by atoms with Gasteiger partial charge in [-0.05, 0) is 112 Å². The predicted molar refractivity (Wildman–Crippen MR) is 116 cm³/mol. The number of nitrogens with zero attached hydrogens (tertiary/aromatic N) is 1. The Kier molecular flexibility index (Phi) is 4.62. The highest BCUT2D eigenvalue weighted by Crippen LogP contribution is 2.67. The molecule has 0 aromatic carbocycles. The van der Waals surface area contributed by atoms with Gasteiger partial charge in [-0.3, -0.25) is 4.99 Å². The first-order valence-electron chi connectivity index (χ1n) is 12.2. The molecule has 3 saturated carbocycles. The maximum Gasteiger partial charge on any atom is 0.0577 e. The van der Waals surface area contributed by atoms with Gasteiger partial charge >= 0.3 is 0 Å². The van der Waals surface area contributed by atoms with Crippen LogP contribution in [0.2, 0.25) is 0 Å². The smallest absolute Gasteiger partial charge is 0.0577 e. The third-order valence-electron chi connectivity index (χ3n) is 10.6. The molecule has 1 N–H and O–H groups in total. The minimum Gasteiger partial charge on any atom is -0.393 e. The molecule has 0 aromatic heterocycles. The van der Waals surface area contributed by atoms with Crippen molar-refractivity contribution in [3.8, 4) is 0 Å². The largest absolute Gasteiger partial charge is 0.393 e. The standard InChI is InChI=1S/C26H41NO/c1-16-5-10-24(27-16)17(2)21-8-9-22-20-7-6-18-15-19(28)11-13-25(18,3)23(20)12-14-26(21,22)4/h6,17,19-24,28H,5,7-15H2,1-4H3. The first kappa shape index (κ1) is 19.3. The fourth-order valence-corrected chi connectivity index (χ4v) is 8.96. The van der Waals surface area contributed by atoms with E-state index in [1.165, 1.54) is 57.1 Å². The molecule has 1 aliphatic heterocycles. The van der Waals surface area contributed by atoms with Crippen LogP contribution < -0.4 is 0 Å². The average Bonchev–Trinajstić information content (AvgIpc) is 3.25. The minimum absolute atomic E-state index is 0.0862. The Bertz CT molecular complexity index is 695. The summed E-state index contributed by atoms with van der Waals surface area (Å²) in [5.74, 6) is 4.27. The molecule has 0 amide bonds. The van der Waals surface area contributed by atoms with E-state index in [-0.39, 0.29) is 6.10 Å². The Labute approximate surface area is 172 Å². The normalized spacial score (nSPS) is 51.6. The molecule has 2 heteroatoms. The number of hydrogen-bond acceptors (Lipinski definition) is 2. The summed E-state index contributed by atoms with van der Waals surface area (Å²) in [4.78, 5) is 5.04. The summed E-state index contributed by atoms with van der Waals surface area (Å²) in [5.41, 5.74) is 3.90. The summed E-state index contributed by atoms with van der Waals surface area (Å²) >= 11 is 0. The van der Waals surface area contributed by atoms with Crippen molar-refractivity contribution in [3.05, 3.63) is 11.6 Å². The van der Waals surface area contributed by atoms with E-state index >= 15 is 0 Å². The summed E-state index contributed by atoms with van der Waals surface area (Å²) in [5, 5.41) is 10.2. The molecule has 3 fully saturated rings. The molecule has 2 nitrogen and oxygen atoms in total. The lowest BCUT2D eigenvalue weighted by Gasteiger charge is -2.58. The lowest BCUT2D eigenvalue weighted by molar-refractivity contribution is -0.0581. The molecule has 5 aliphatic rings. The lowest BCUT2D eigenvalue weighted by atomic mass is 9.47. The van der Waals surface area contributed by atoms with Crippen LogP contribution in [0.25, 0.3) is 0 Å². The quantitative estimate of drug-likeness (QED) is 0.567. The highest BCUT2D eigenvalue weighted by Gasteiger charge is 2.59. The van der Waals surface area contributed by atoms with Crippen LogP contribution in [0.1, 0.15) is 91.9 Å². The zero-order chi connectivity index (χ0) is 19.7. The second-order valence-corrected chi connectivity index (χ2v) is 11.7. The molecule has 1 heterocycles. The Hall–Kier alpha value is -0.630. The van der Waals surface area contributed by atoms with Gasteiger partial charge in [0.2, 0.25) is 0 Å².